The van der Waals surface area contributed by atoms with Crippen molar-refractivity contribution in [2.45, 2.75) is 0 Å². The van der Waals surface area contributed by atoms with E-state index in [-0.39, 0.29) is 24.8 Å². The molecule has 0 aliphatic carbocycles. The minimum absolute atomic E-state index is 0. The molecule has 0 aromatic carbocycles. The van der Waals surface area contributed by atoms with Crippen LogP contribution in [0.1, 0.15) is 0 Å². The number of halogens is 2. The summed E-state index contributed by atoms with van der Waals surface area (Å²) in [6.07, 6.45) is 0. The van der Waals surface area contributed by atoms with Crippen LogP contribution in [0, 0.1) is 0 Å². The molecule has 4 N–H and O–H groups in total. The van der Waals surface area contributed by atoms with Gasteiger partial charge >= 0.3 is 0 Å². The topological polar surface area (TPSA) is 62.5 Å². The van der Waals surface area contributed by atoms with Gasteiger partial charge in [-0.2, -0.15) is 0 Å². The summed E-state index contributed by atoms with van der Waals surface area (Å²) in [5.41, 5.74) is 2.38. The summed E-state index contributed by atoms with van der Waals surface area (Å²) in [4.78, 5) is 2.33. The Morgan fingerprint density at radius 2 is 1.93 bits per heavy atom. The molecule has 0 atom stereocenters. The molecule has 0 amide bonds. The molecule has 1 fully saturated rings. The van der Waals surface area contributed by atoms with Gasteiger partial charge in [-0.1, -0.05) is 0 Å². The molecule has 0 saturated carbocycles. The Morgan fingerprint density at radius 3 is 2.47 bits per heavy atom. The van der Waals surface area contributed by atoms with Crippen LogP contribution < -0.4 is 16.6 Å². The van der Waals surface area contributed by atoms with Crippen molar-refractivity contribution in [3.8, 4) is 0 Å². The van der Waals surface area contributed by atoms with Gasteiger partial charge in [-0.05, 0) is 12.2 Å². The lowest BCUT2D eigenvalue weighted by Gasteiger charge is -2.26. The molecule has 1 heterocycles. The molecular formula is C7H18Cl2N4OS. The van der Waals surface area contributed by atoms with E-state index in [1.807, 2.05) is 0 Å². The number of nitrogens with zero attached hydrogens (tertiary/aromatic N) is 1. The maximum atomic E-state index is 5.23. The average Bonchev–Trinajstić information content (AvgIpc) is 2.19. The number of rotatable bonds is 3. The van der Waals surface area contributed by atoms with Crippen LogP contribution in [0.3, 0.4) is 0 Å². The first-order valence-corrected chi connectivity index (χ1v) is 4.78. The number of hydrazine groups is 1. The highest BCUT2D eigenvalue weighted by molar-refractivity contribution is 7.80. The molecule has 0 spiro atoms. The molecule has 0 bridgehead atoms. The molecule has 8 heteroatoms. The fourth-order valence-electron chi connectivity index (χ4n) is 1.20. The molecule has 15 heavy (non-hydrogen) atoms. The highest BCUT2D eigenvalue weighted by Crippen LogP contribution is 1.94. The molecular weight excluding hydrogens is 259 g/mol. The van der Waals surface area contributed by atoms with Gasteiger partial charge in [0.05, 0.1) is 13.2 Å². The molecule has 92 valence electrons. The van der Waals surface area contributed by atoms with Gasteiger partial charge in [0.15, 0.2) is 5.11 Å². The fourth-order valence-corrected chi connectivity index (χ4v) is 1.31. The Hall–Kier alpha value is 0.150. The fraction of sp³-hybridized carbons (Fsp3) is 0.857. The third-order valence-electron chi connectivity index (χ3n) is 1.95. The zero-order valence-corrected chi connectivity index (χ0v) is 10.8. The van der Waals surface area contributed by atoms with Gasteiger partial charge < -0.3 is 15.5 Å². The van der Waals surface area contributed by atoms with E-state index in [0.29, 0.717) is 5.11 Å². The lowest BCUT2D eigenvalue weighted by Crippen LogP contribution is -2.45. The van der Waals surface area contributed by atoms with Crippen LogP contribution in [0.2, 0.25) is 0 Å². The van der Waals surface area contributed by atoms with Crippen molar-refractivity contribution in [1.82, 2.24) is 15.6 Å². The number of ether oxygens (including phenoxy) is 1. The maximum absolute atomic E-state index is 5.23. The van der Waals surface area contributed by atoms with Crippen LogP contribution in [-0.4, -0.2) is 49.4 Å². The van der Waals surface area contributed by atoms with Crippen molar-refractivity contribution in [2.75, 3.05) is 39.4 Å². The normalized spacial score (nSPS) is 15.8. The first-order valence-electron chi connectivity index (χ1n) is 4.37. The number of hydrogen-bond acceptors (Lipinski definition) is 4. The van der Waals surface area contributed by atoms with Crippen LogP contribution in [0.5, 0.6) is 0 Å². The van der Waals surface area contributed by atoms with Crippen molar-refractivity contribution in [2.24, 2.45) is 5.84 Å². The number of morpholine rings is 1. The number of hydrogen-bond donors (Lipinski definition) is 3. The van der Waals surface area contributed by atoms with Crippen LogP contribution in [-0.2, 0) is 4.74 Å². The molecule has 0 radical (unpaired) electrons. The summed E-state index contributed by atoms with van der Waals surface area (Å²) in [6.45, 7) is 5.47. The predicted molar refractivity (Wildman–Crippen MR) is 69.7 cm³/mol. The lowest BCUT2D eigenvalue weighted by atomic mass is 10.4. The van der Waals surface area contributed by atoms with E-state index >= 15 is 0 Å². The third-order valence-corrected chi connectivity index (χ3v) is 2.21. The zero-order valence-electron chi connectivity index (χ0n) is 8.40. The number of thiocarbonyl (C=S) groups is 1. The predicted octanol–water partition coefficient (Wildman–Crippen LogP) is -0.500. The SMILES string of the molecule is Cl.Cl.NNC(=S)NCCN1CCOCC1. The van der Waals surface area contributed by atoms with E-state index < -0.39 is 0 Å². The Kier molecular flexibility index (Phi) is 12.5. The highest BCUT2D eigenvalue weighted by atomic mass is 35.5. The quantitative estimate of drug-likeness (QED) is 0.367. The zero-order chi connectivity index (χ0) is 9.52. The highest BCUT2D eigenvalue weighted by Gasteiger charge is 2.08. The van der Waals surface area contributed by atoms with Gasteiger partial charge in [0.25, 0.3) is 0 Å². The van der Waals surface area contributed by atoms with Gasteiger partial charge in [0, 0.05) is 26.2 Å². The Labute approximate surface area is 108 Å². The first kappa shape index (κ1) is 17.5. The van der Waals surface area contributed by atoms with Crippen molar-refractivity contribution in [1.29, 1.82) is 0 Å². The lowest BCUT2D eigenvalue weighted by molar-refractivity contribution is 0.0389. The van der Waals surface area contributed by atoms with E-state index in [9.17, 15) is 0 Å². The van der Waals surface area contributed by atoms with Crippen molar-refractivity contribution >= 4 is 42.1 Å². The molecule has 1 aliphatic heterocycles. The summed E-state index contributed by atoms with van der Waals surface area (Å²) in [6, 6.07) is 0. The van der Waals surface area contributed by atoms with E-state index in [1.54, 1.807) is 0 Å². The van der Waals surface area contributed by atoms with Gasteiger partial charge in [-0.3, -0.25) is 4.90 Å². The number of nitrogens with two attached hydrogens (primary N) is 1. The van der Waals surface area contributed by atoms with E-state index in [2.05, 4.69) is 15.6 Å². The summed E-state index contributed by atoms with van der Waals surface area (Å²) in [5.74, 6) is 5.10. The van der Waals surface area contributed by atoms with Crippen LogP contribution in [0.25, 0.3) is 0 Å². The Balaban J connectivity index is 0. The van der Waals surface area contributed by atoms with Crippen molar-refractivity contribution in [3.63, 3.8) is 0 Å². The second kappa shape index (κ2) is 10.7. The molecule has 1 saturated heterocycles. The van der Waals surface area contributed by atoms with Crippen LogP contribution in [0.15, 0.2) is 0 Å². The van der Waals surface area contributed by atoms with E-state index in [1.165, 1.54) is 0 Å². The standard InChI is InChI=1S/C7H16N4OS.2ClH/c8-10-7(13)9-1-2-11-3-5-12-6-4-11;;/h1-6,8H2,(H2,9,10,13);2*1H. The van der Waals surface area contributed by atoms with Crippen LogP contribution in [0.4, 0.5) is 0 Å². The third kappa shape index (κ3) is 8.01. The molecule has 1 rings (SSSR count). The molecule has 0 aromatic rings. The summed E-state index contributed by atoms with van der Waals surface area (Å²) in [5, 5.41) is 3.49. The number of nitrogens with one attached hydrogen (secondary N) is 2. The smallest absolute Gasteiger partial charge is 0.180 e. The average molecular weight is 277 g/mol. The second-order valence-corrected chi connectivity index (χ2v) is 3.26. The summed E-state index contributed by atoms with van der Waals surface area (Å²) < 4.78 is 5.23. The monoisotopic (exact) mass is 276 g/mol. The van der Waals surface area contributed by atoms with E-state index in [4.69, 9.17) is 22.8 Å². The molecule has 0 aromatic heterocycles. The first-order chi connectivity index (χ1) is 6.33. The summed E-state index contributed by atoms with van der Waals surface area (Å²) >= 11 is 4.83. The van der Waals surface area contributed by atoms with Crippen molar-refractivity contribution in [3.05, 3.63) is 0 Å². The van der Waals surface area contributed by atoms with Gasteiger partial charge in [-0.25, -0.2) is 5.84 Å². The van der Waals surface area contributed by atoms with Crippen LogP contribution >= 0.6 is 37.0 Å². The van der Waals surface area contributed by atoms with E-state index in [0.717, 1.165) is 39.4 Å². The minimum Gasteiger partial charge on any atom is -0.379 e. The maximum Gasteiger partial charge on any atom is 0.180 e. The Morgan fingerprint density at radius 1 is 1.33 bits per heavy atom. The molecule has 0 unspecified atom stereocenters. The van der Waals surface area contributed by atoms with Gasteiger partial charge in [0.2, 0.25) is 0 Å². The summed E-state index contributed by atoms with van der Waals surface area (Å²) in [7, 11) is 0. The molecule has 1 aliphatic rings. The Bertz CT molecular complexity index is 169. The largest absolute Gasteiger partial charge is 0.379 e. The second-order valence-electron chi connectivity index (χ2n) is 2.85. The van der Waals surface area contributed by atoms with Crippen molar-refractivity contribution < 1.29 is 4.74 Å². The van der Waals surface area contributed by atoms with Gasteiger partial charge in [0.1, 0.15) is 0 Å². The minimum atomic E-state index is 0. The molecule has 5 nitrogen and oxygen atoms in total. The van der Waals surface area contributed by atoms with Gasteiger partial charge in [-0.15, -0.1) is 24.8 Å².